The second-order valence-corrected chi connectivity index (χ2v) is 4.63. The molecule has 2 heterocycles. The van der Waals surface area contributed by atoms with Gasteiger partial charge in [0.05, 0.1) is 11.3 Å². The Hall–Kier alpha value is -2.07. The number of aromatic nitrogens is 2. The monoisotopic (exact) mass is 241 g/mol. The van der Waals surface area contributed by atoms with E-state index in [9.17, 15) is 0 Å². The average molecular weight is 241 g/mol. The quantitative estimate of drug-likeness (QED) is 0.748. The van der Waals surface area contributed by atoms with E-state index >= 15 is 0 Å². The Labute approximate surface area is 103 Å². The highest BCUT2D eigenvalue weighted by Crippen LogP contribution is 2.29. The maximum absolute atomic E-state index is 5.94. The molecule has 4 heteroatoms. The zero-order valence-electron chi connectivity index (χ0n) is 9.08. The van der Waals surface area contributed by atoms with Crippen LogP contribution in [0, 0.1) is 0 Å². The van der Waals surface area contributed by atoms with Crippen molar-refractivity contribution in [3.05, 3.63) is 54.0 Å². The number of anilines is 1. The molecule has 0 saturated carbocycles. The van der Waals surface area contributed by atoms with Crippen LogP contribution in [0.25, 0.3) is 16.1 Å². The fourth-order valence-corrected chi connectivity index (χ4v) is 2.47. The summed E-state index contributed by atoms with van der Waals surface area (Å²) in [6.07, 6.45) is 1.97. The minimum Gasteiger partial charge on any atom is -0.382 e. The molecule has 2 aromatic heterocycles. The fraction of sp³-hybridized carbons (Fsp3) is 0. The van der Waals surface area contributed by atoms with Crippen LogP contribution in [0.15, 0.2) is 54.0 Å². The zero-order valence-corrected chi connectivity index (χ0v) is 9.89. The average Bonchev–Trinajstić information content (AvgIpc) is 2.99. The van der Waals surface area contributed by atoms with E-state index in [1.807, 2.05) is 58.7 Å². The number of rotatable bonds is 2. The first kappa shape index (κ1) is 10.1. The molecule has 0 bridgehead atoms. The molecule has 0 atom stereocenters. The van der Waals surface area contributed by atoms with Crippen LogP contribution < -0.4 is 5.73 Å². The summed E-state index contributed by atoms with van der Waals surface area (Å²) in [6.45, 7) is 0. The first-order chi connectivity index (χ1) is 8.34. The molecule has 0 fully saturated rings. The number of nitrogen functional groups attached to an aromatic ring is 1. The molecule has 0 spiro atoms. The van der Waals surface area contributed by atoms with Gasteiger partial charge in [0.15, 0.2) is 5.82 Å². The molecule has 0 aliphatic carbocycles. The van der Waals surface area contributed by atoms with Gasteiger partial charge in [0.25, 0.3) is 0 Å². The number of hydrogen-bond donors (Lipinski definition) is 1. The van der Waals surface area contributed by atoms with E-state index in [0.717, 1.165) is 16.1 Å². The van der Waals surface area contributed by atoms with E-state index in [1.54, 1.807) is 11.3 Å². The highest BCUT2D eigenvalue weighted by Gasteiger charge is 2.09. The van der Waals surface area contributed by atoms with Gasteiger partial charge in [0.2, 0.25) is 0 Å². The first-order valence-electron chi connectivity index (χ1n) is 5.29. The zero-order chi connectivity index (χ0) is 11.7. The number of benzene rings is 1. The van der Waals surface area contributed by atoms with Gasteiger partial charge in [-0.3, -0.25) is 0 Å². The van der Waals surface area contributed by atoms with E-state index in [-0.39, 0.29) is 0 Å². The number of nitrogens with two attached hydrogens (primary N) is 1. The Morgan fingerprint density at radius 3 is 2.59 bits per heavy atom. The predicted molar refractivity (Wildman–Crippen MR) is 71.3 cm³/mol. The van der Waals surface area contributed by atoms with Crippen molar-refractivity contribution in [2.75, 3.05) is 5.73 Å². The molecule has 17 heavy (non-hydrogen) atoms. The predicted octanol–water partition coefficient (Wildman–Crippen LogP) is 3.18. The lowest BCUT2D eigenvalue weighted by Crippen LogP contribution is -1.95. The third-order valence-corrected chi connectivity index (χ3v) is 3.45. The Morgan fingerprint density at radius 1 is 1.06 bits per heavy atom. The Morgan fingerprint density at radius 2 is 1.88 bits per heavy atom. The Kier molecular flexibility index (Phi) is 2.42. The van der Waals surface area contributed by atoms with E-state index < -0.39 is 0 Å². The fourth-order valence-electron chi connectivity index (χ4n) is 1.72. The van der Waals surface area contributed by atoms with Gasteiger partial charge in [-0.25, -0.2) is 4.68 Å². The summed E-state index contributed by atoms with van der Waals surface area (Å²) in [5.41, 5.74) is 7.95. The second kappa shape index (κ2) is 4.07. The summed E-state index contributed by atoms with van der Waals surface area (Å²) < 4.78 is 1.81. The van der Waals surface area contributed by atoms with E-state index in [1.165, 1.54) is 0 Å². The normalized spacial score (nSPS) is 10.6. The molecule has 0 amide bonds. The number of para-hydroxylation sites is 1. The smallest absolute Gasteiger partial charge is 0.154 e. The molecule has 84 valence electrons. The van der Waals surface area contributed by atoms with Crippen molar-refractivity contribution in [2.24, 2.45) is 0 Å². The molecular formula is C13H11N3S. The summed E-state index contributed by atoms with van der Waals surface area (Å²) in [4.78, 5) is 1.14. The molecule has 0 unspecified atom stereocenters. The lowest BCUT2D eigenvalue weighted by Gasteiger charge is -1.98. The molecule has 3 nitrogen and oxygen atoms in total. The van der Waals surface area contributed by atoms with E-state index in [4.69, 9.17) is 5.73 Å². The third kappa shape index (κ3) is 1.83. The topological polar surface area (TPSA) is 43.8 Å². The van der Waals surface area contributed by atoms with Crippen molar-refractivity contribution in [3.63, 3.8) is 0 Å². The largest absolute Gasteiger partial charge is 0.382 e. The highest BCUT2D eigenvalue weighted by molar-refractivity contribution is 7.13. The van der Waals surface area contributed by atoms with Crippen molar-refractivity contribution in [2.45, 2.75) is 0 Å². The molecule has 3 rings (SSSR count). The summed E-state index contributed by atoms with van der Waals surface area (Å²) in [5.74, 6) is 0.566. The lowest BCUT2D eigenvalue weighted by molar-refractivity contribution is 0.886. The van der Waals surface area contributed by atoms with Crippen LogP contribution in [0.2, 0.25) is 0 Å². The molecule has 0 aliphatic rings. The van der Waals surface area contributed by atoms with Gasteiger partial charge in [0, 0.05) is 11.1 Å². The van der Waals surface area contributed by atoms with E-state index in [2.05, 4.69) is 5.10 Å². The summed E-state index contributed by atoms with van der Waals surface area (Å²) in [5, 5.41) is 6.37. The van der Waals surface area contributed by atoms with Gasteiger partial charge >= 0.3 is 0 Å². The summed E-state index contributed by atoms with van der Waals surface area (Å²) >= 11 is 1.67. The number of hydrogen-bond acceptors (Lipinski definition) is 3. The second-order valence-electron chi connectivity index (χ2n) is 3.69. The molecule has 2 N–H and O–H groups in total. The first-order valence-corrected chi connectivity index (χ1v) is 6.17. The molecule has 0 saturated heterocycles. The van der Waals surface area contributed by atoms with Gasteiger partial charge in [-0.05, 0) is 23.6 Å². The number of nitrogens with zero attached hydrogens (tertiary/aromatic N) is 2. The highest BCUT2D eigenvalue weighted by atomic mass is 32.1. The van der Waals surface area contributed by atoms with Gasteiger partial charge in [-0.2, -0.15) is 0 Å². The van der Waals surface area contributed by atoms with Gasteiger partial charge < -0.3 is 5.73 Å². The van der Waals surface area contributed by atoms with Crippen LogP contribution in [-0.2, 0) is 0 Å². The maximum atomic E-state index is 5.94. The minimum atomic E-state index is 0.566. The van der Waals surface area contributed by atoms with Crippen LogP contribution in [0.5, 0.6) is 0 Å². The van der Waals surface area contributed by atoms with Crippen LogP contribution in [0.3, 0.4) is 0 Å². The third-order valence-electron chi connectivity index (χ3n) is 2.55. The van der Waals surface area contributed by atoms with Crippen molar-refractivity contribution >= 4 is 17.2 Å². The lowest BCUT2D eigenvalue weighted by atomic mass is 10.3. The Bertz CT molecular complexity index is 611. The molecule has 0 radical (unpaired) electrons. The van der Waals surface area contributed by atoms with Gasteiger partial charge in [-0.1, -0.05) is 24.3 Å². The van der Waals surface area contributed by atoms with Gasteiger partial charge in [-0.15, -0.1) is 16.4 Å². The standard InChI is InChI=1S/C13H11N3S/c14-13-11(12-7-4-8-17-12)9-16(15-13)10-5-2-1-3-6-10/h1-9H,(H2,14,15). The van der Waals surface area contributed by atoms with E-state index in [0.29, 0.717) is 5.82 Å². The minimum absolute atomic E-state index is 0.566. The van der Waals surface area contributed by atoms with Crippen molar-refractivity contribution in [3.8, 4) is 16.1 Å². The van der Waals surface area contributed by atoms with Crippen molar-refractivity contribution in [1.82, 2.24) is 9.78 Å². The summed E-state index contributed by atoms with van der Waals surface area (Å²) in [7, 11) is 0. The van der Waals surface area contributed by atoms with Gasteiger partial charge in [0.1, 0.15) is 0 Å². The van der Waals surface area contributed by atoms with Crippen LogP contribution in [-0.4, -0.2) is 9.78 Å². The molecule has 1 aromatic carbocycles. The molecule has 0 aliphatic heterocycles. The van der Waals surface area contributed by atoms with Crippen LogP contribution in [0.4, 0.5) is 5.82 Å². The molecular weight excluding hydrogens is 230 g/mol. The molecule has 3 aromatic rings. The van der Waals surface area contributed by atoms with Crippen LogP contribution in [0.1, 0.15) is 0 Å². The summed E-state index contributed by atoms with van der Waals surface area (Å²) in [6, 6.07) is 14.0. The van der Waals surface area contributed by atoms with Crippen molar-refractivity contribution < 1.29 is 0 Å². The van der Waals surface area contributed by atoms with Crippen LogP contribution >= 0.6 is 11.3 Å². The Balaban J connectivity index is 2.08. The van der Waals surface area contributed by atoms with Crippen molar-refractivity contribution in [1.29, 1.82) is 0 Å². The SMILES string of the molecule is Nc1nn(-c2ccccc2)cc1-c1cccs1. The number of thiophene rings is 1. The maximum Gasteiger partial charge on any atom is 0.154 e.